The van der Waals surface area contributed by atoms with Gasteiger partial charge in [0.05, 0.1) is 7.11 Å². The lowest BCUT2D eigenvalue weighted by Crippen LogP contribution is -2.37. The van der Waals surface area contributed by atoms with Crippen LogP contribution in [0.5, 0.6) is 5.75 Å². The van der Waals surface area contributed by atoms with Gasteiger partial charge in [-0.15, -0.1) is 0 Å². The molecule has 1 atom stereocenters. The van der Waals surface area contributed by atoms with E-state index in [4.69, 9.17) is 4.74 Å². The van der Waals surface area contributed by atoms with E-state index in [1.165, 1.54) is 12.7 Å². The number of likely N-dealkylation sites (N-methyl/N-ethyl adjacent to an activating group) is 1. The number of aromatic carboxylic acids is 1. The fourth-order valence-corrected chi connectivity index (χ4v) is 2.60. The molecule has 2 rings (SSSR count). The maximum atomic E-state index is 11.2. The molecule has 0 radical (unpaired) electrons. The van der Waals surface area contributed by atoms with E-state index in [9.17, 15) is 9.90 Å². The number of rotatable bonds is 3. The first kappa shape index (κ1) is 12.9. The Kier molecular flexibility index (Phi) is 3.57. The van der Waals surface area contributed by atoms with Gasteiger partial charge in [-0.2, -0.15) is 0 Å². The molecule has 1 heterocycles. The van der Waals surface area contributed by atoms with Crippen molar-refractivity contribution in [2.45, 2.75) is 32.4 Å². The Morgan fingerprint density at radius 2 is 2.22 bits per heavy atom. The molecule has 4 nitrogen and oxygen atoms in total. The van der Waals surface area contributed by atoms with E-state index in [1.54, 1.807) is 6.07 Å². The summed E-state index contributed by atoms with van der Waals surface area (Å²) in [5.74, 6) is -0.480. The second kappa shape index (κ2) is 4.98. The van der Waals surface area contributed by atoms with Crippen LogP contribution < -0.4 is 4.74 Å². The van der Waals surface area contributed by atoms with Gasteiger partial charge < -0.3 is 9.84 Å². The maximum Gasteiger partial charge on any atom is 0.339 e. The van der Waals surface area contributed by atoms with Crippen molar-refractivity contribution >= 4 is 5.97 Å². The summed E-state index contributed by atoms with van der Waals surface area (Å²) in [6.07, 6.45) is 1.98. The first-order chi connectivity index (χ1) is 8.56. The van der Waals surface area contributed by atoms with Crippen LogP contribution in [0.3, 0.4) is 0 Å². The van der Waals surface area contributed by atoms with E-state index in [2.05, 4.69) is 18.9 Å². The third-order valence-corrected chi connectivity index (χ3v) is 3.72. The first-order valence-corrected chi connectivity index (χ1v) is 6.20. The summed E-state index contributed by atoms with van der Waals surface area (Å²) in [6, 6.07) is 4.13. The minimum Gasteiger partial charge on any atom is -0.496 e. The Labute approximate surface area is 107 Å². The van der Waals surface area contributed by atoms with Gasteiger partial charge >= 0.3 is 5.97 Å². The van der Waals surface area contributed by atoms with Crippen LogP contribution in [0.1, 0.15) is 34.8 Å². The molecule has 1 aliphatic rings. The van der Waals surface area contributed by atoms with E-state index in [0.29, 0.717) is 11.8 Å². The second-order valence-corrected chi connectivity index (χ2v) is 4.81. The molecule has 1 aliphatic heterocycles. The molecule has 0 aliphatic carbocycles. The summed E-state index contributed by atoms with van der Waals surface area (Å²) in [7, 11) is 3.62. The fourth-order valence-electron chi connectivity index (χ4n) is 2.60. The SMILES string of the molecule is CCC1Cc2cc(C(=O)O)c(OC)cc2CN1C. The van der Waals surface area contributed by atoms with Gasteiger partial charge in [-0.25, -0.2) is 4.79 Å². The average Bonchev–Trinajstić information content (AvgIpc) is 2.36. The number of nitrogens with zero attached hydrogens (tertiary/aromatic N) is 1. The van der Waals surface area contributed by atoms with Crippen molar-refractivity contribution in [3.63, 3.8) is 0 Å². The summed E-state index contributed by atoms with van der Waals surface area (Å²) >= 11 is 0. The van der Waals surface area contributed by atoms with E-state index in [1.807, 2.05) is 6.07 Å². The molecule has 98 valence electrons. The standard InChI is InChI=1S/C14H19NO3/c1-4-11-5-9-6-12(14(16)17)13(18-3)7-10(9)8-15(11)2/h6-7,11H,4-5,8H2,1-3H3,(H,16,17). The summed E-state index contributed by atoms with van der Waals surface area (Å²) in [5, 5.41) is 9.18. The number of carbonyl (C=O) groups is 1. The molecular weight excluding hydrogens is 230 g/mol. The predicted molar refractivity (Wildman–Crippen MR) is 69.2 cm³/mol. The van der Waals surface area contributed by atoms with Crippen molar-refractivity contribution in [2.75, 3.05) is 14.2 Å². The van der Waals surface area contributed by atoms with Crippen LogP contribution in [0.25, 0.3) is 0 Å². The highest BCUT2D eigenvalue weighted by molar-refractivity contribution is 5.91. The molecule has 4 heteroatoms. The normalized spacial score (nSPS) is 19.4. The lowest BCUT2D eigenvalue weighted by Gasteiger charge is -2.33. The molecule has 0 bridgehead atoms. The van der Waals surface area contributed by atoms with Gasteiger partial charge in [0.25, 0.3) is 0 Å². The van der Waals surface area contributed by atoms with Crippen molar-refractivity contribution in [1.29, 1.82) is 0 Å². The number of methoxy groups -OCH3 is 1. The number of hydrogen-bond acceptors (Lipinski definition) is 3. The van der Waals surface area contributed by atoms with Crippen molar-refractivity contribution < 1.29 is 14.6 Å². The zero-order valence-corrected chi connectivity index (χ0v) is 11.1. The minimum absolute atomic E-state index is 0.260. The Morgan fingerprint density at radius 1 is 1.50 bits per heavy atom. The Bertz CT molecular complexity index is 470. The molecule has 0 fully saturated rings. The number of carboxylic acids is 1. The number of fused-ring (bicyclic) bond motifs is 1. The molecule has 0 saturated heterocycles. The average molecular weight is 249 g/mol. The third-order valence-electron chi connectivity index (χ3n) is 3.72. The van der Waals surface area contributed by atoms with Gasteiger partial charge in [0.15, 0.2) is 0 Å². The van der Waals surface area contributed by atoms with Gasteiger partial charge in [0.1, 0.15) is 11.3 Å². The smallest absolute Gasteiger partial charge is 0.339 e. The number of benzene rings is 1. The van der Waals surface area contributed by atoms with Crippen LogP contribution in [0.15, 0.2) is 12.1 Å². The van der Waals surface area contributed by atoms with Crippen LogP contribution >= 0.6 is 0 Å². The number of carboxylic acid groups (broad SMARTS) is 1. The van der Waals surface area contributed by atoms with E-state index >= 15 is 0 Å². The van der Waals surface area contributed by atoms with Gasteiger partial charge in [0.2, 0.25) is 0 Å². The minimum atomic E-state index is -0.929. The number of ether oxygens (including phenoxy) is 1. The third kappa shape index (κ3) is 2.20. The van der Waals surface area contributed by atoms with Crippen LogP contribution in [0.4, 0.5) is 0 Å². The van der Waals surface area contributed by atoms with Gasteiger partial charge in [0, 0.05) is 12.6 Å². The molecule has 1 unspecified atom stereocenters. The van der Waals surface area contributed by atoms with Gasteiger partial charge in [-0.3, -0.25) is 4.90 Å². The van der Waals surface area contributed by atoms with Crippen LogP contribution in [0.2, 0.25) is 0 Å². The quantitative estimate of drug-likeness (QED) is 0.891. The molecule has 0 saturated carbocycles. The highest BCUT2D eigenvalue weighted by Gasteiger charge is 2.24. The lowest BCUT2D eigenvalue weighted by molar-refractivity contribution is 0.0693. The summed E-state index contributed by atoms with van der Waals surface area (Å²) < 4.78 is 5.16. The number of hydrogen-bond donors (Lipinski definition) is 1. The summed E-state index contributed by atoms with van der Waals surface area (Å²) in [4.78, 5) is 13.5. The maximum absolute atomic E-state index is 11.2. The largest absolute Gasteiger partial charge is 0.496 e. The predicted octanol–water partition coefficient (Wildman–Crippen LogP) is 2.16. The molecule has 0 spiro atoms. The molecule has 1 N–H and O–H groups in total. The first-order valence-electron chi connectivity index (χ1n) is 6.20. The van der Waals surface area contributed by atoms with Crippen LogP contribution in [-0.2, 0) is 13.0 Å². The Hall–Kier alpha value is -1.55. The highest BCUT2D eigenvalue weighted by Crippen LogP contribution is 2.30. The molecule has 0 amide bonds. The topological polar surface area (TPSA) is 49.8 Å². The zero-order valence-electron chi connectivity index (χ0n) is 11.1. The summed E-state index contributed by atoms with van der Waals surface area (Å²) in [6.45, 7) is 3.01. The fraction of sp³-hybridized carbons (Fsp3) is 0.500. The van der Waals surface area contributed by atoms with Gasteiger partial charge in [-0.05, 0) is 43.1 Å². The lowest BCUT2D eigenvalue weighted by atomic mass is 9.91. The van der Waals surface area contributed by atoms with E-state index < -0.39 is 5.97 Å². The van der Waals surface area contributed by atoms with Crippen molar-refractivity contribution in [2.24, 2.45) is 0 Å². The van der Waals surface area contributed by atoms with Gasteiger partial charge in [-0.1, -0.05) is 6.92 Å². The van der Waals surface area contributed by atoms with Crippen LogP contribution in [-0.4, -0.2) is 36.2 Å². The molecule has 1 aromatic carbocycles. The second-order valence-electron chi connectivity index (χ2n) is 4.81. The van der Waals surface area contributed by atoms with E-state index in [-0.39, 0.29) is 5.56 Å². The molecule has 1 aromatic rings. The zero-order chi connectivity index (χ0) is 13.3. The highest BCUT2D eigenvalue weighted by atomic mass is 16.5. The van der Waals surface area contributed by atoms with Crippen molar-refractivity contribution in [3.8, 4) is 5.75 Å². The Balaban J connectivity index is 2.44. The molecule has 0 aromatic heterocycles. The summed E-state index contributed by atoms with van der Waals surface area (Å²) in [5.41, 5.74) is 2.57. The molecular formula is C14H19NO3. The van der Waals surface area contributed by atoms with Crippen molar-refractivity contribution in [1.82, 2.24) is 4.90 Å². The van der Waals surface area contributed by atoms with Crippen molar-refractivity contribution in [3.05, 3.63) is 28.8 Å². The monoisotopic (exact) mass is 249 g/mol. The Morgan fingerprint density at radius 3 is 2.78 bits per heavy atom. The molecule has 18 heavy (non-hydrogen) atoms. The van der Waals surface area contributed by atoms with Crippen LogP contribution in [0, 0.1) is 0 Å². The van der Waals surface area contributed by atoms with E-state index in [0.717, 1.165) is 24.9 Å².